The highest BCUT2D eigenvalue weighted by Gasteiger charge is 2.22. The van der Waals surface area contributed by atoms with Crippen LogP contribution in [-0.2, 0) is 19.9 Å². The molecule has 1 unspecified atom stereocenters. The predicted molar refractivity (Wildman–Crippen MR) is 84.5 cm³/mol. The van der Waals surface area contributed by atoms with E-state index in [4.69, 9.17) is 23.2 Å². The van der Waals surface area contributed by atoms with Crippen molar-refractivity contribution in [3.05, 3.63) is 51.0 Å². The van der Waals surface area contributed by atoms with E-state index in [0.29, 0.717) is 22.0 Å². The molecule has 1 heterocycles. The van der Waals surface area contributed by atoms with Crippen LogP contribution >= 0.6 is 23.2 Å². The molecule has 0 spiro atoms. The molecule has 0 aliphatic rings. The van der Waals surface area contributed by atoms with E-state index in [1.165, 1.54) is 6.07 Å². The Bertz CT molecular complexity index is 620. The summed E-state index contributed by atoms with van der Waals surface area (Å²) in [6.45, 7) is 2.00. The van der Waals surface area contributed by atoms with E-state index in [2.05, 4.69) is 10.4 Å². The van der Waals surface area contributed by atoms with Gasteiger partial charge in [-0.05, 0) is 25.6 Å². The summed E-state index contributed by atoms with van der Waals surface area (Å²) in [7, 11) is 3.62. The molecule has 1 aromatic heterocycles. The summed E-state index contributed by atoms with van der Waals surface area (Å²) in [4.78, 5) is 0. The number of nitrogens with zero attached hydrogens (tertiary/aromatic N) is 2. The van der Waals surface area contributed by atoms with Crippen LogP contribution in [0.5, 0.6) is 0 Å². The Labute approximate surface area is 134 Å². The Balaban J connectivity index is 2.38. The molecule has 2 aromatic rings. The molecule has 2 rings (SSSR count). The van der Waals surface area contributed by atoms with Crippen LogP contribution in [0.2, 0.25) is 10.0 Å². The molecule has 0 saturated carbocycles. The van der Waals surface area contributed by atoms with Crippen LogP contribution in [0.3, 0.4) is 0 Å². The molecule has 1 atom stereocenters. The van der Waals surface area contributed by atoms with E-state index in [1.807, 2.05) is 14.0 Å². The fraction of sp³-hybridized carbons (Fsp3) is 0.400. The van der Waals surface area contributed by atoms with Crippen LogP contribution in [0.1, 0.15) is 29.9 Å². The van der Waals surface area contributed by atoms with Crippen LogP contribution in [0.25, 0.3) is 0 Å². The first-order chi connectivity index (χ1) is 9.99. The number of hydrogen-bond donors (Lipinski definition) is 1. The zero-order valence-corrected chi connectivity index (χ0v) is 13.8. The molecule has 0 bridgehead atoms. The lowest BCUT2D eigenvalue weighted by molar-refractivity contribution is 0.520. The minimum atomic E-state index is -0.323. The average molecular weight is 330 g/mol. The number of benzene rings is 1. The Morgan fingerprint density at radius 2 is 2.10 bits per heavy atom. The van der Waals surface area contributed by atoms with E-state index in [-0.39, 0.29) is 11.9 Å². The first kappa shape index (κ1) is 16.3. The van der Waals surface area contributed by atoms with Gasteiger partial charge >= 0.3 is 0 Å². The number of nitrogens with one attached hydrogen (secondary N) is 1. The van der Waals surface area contributed by atoms with Gasteiger partial charge in [0, 0.05) is 30.1 Å². The molecule has 0 amide bonds. The largest absolute Gasteiger partial charge is 0.313 e. The van der Waals surface area contributed by atoms with Crippen molar-refractivity contribution in [1.29, 1.82) is 0 Å². The summed E-state index contributed by atoms with van der Waals surface area (Å²) in [5.41, 5.74) is 2.17. The lowest BCUT2D eigenvalue weighted by Crippen LogP contribution is -2.22. The first-order valence-electron chi connectivity index (χ1n) is 6.81. The molecular formula is C15H18Cl2FN3. The van der Waals surface area contributed by atoms with Crippen molar-refractivity contribution in [2.75, 3.05) is 7.05 Å². The van der Waals surface area contributed by atoms with Gasteiger partial charge in [-0.3, -0.25) is 4.68 Å². The number of hydrogen-bond acceptors (Lipinski definition) is 2. The highest BCUT2D eigenvalue weighted by atomic mass is 35.5. The maximum absolute atomic E-state index is 14.1. The van der Waals surface area contributed by atoms with Crippen molar-refractivity contribution in [1.82, 2.24) is 15.1 Å². The fourth-order valence-corrected chi connectivity index (χ4v) is 3.09. The van der Waals surface area contributed by atoms with Crippen LogP contribution in [0, 0.1) is 5.82 Å². The number of rotatable bonds is 5. The molecule has 1 N–H and O–H groups in total. The molecule has 114 valence electrons. The van der Waals surface area contributed by atoms with Crippen molar-refractivity contribution >= 4 is 23.2 Å². The van der Waals surface area contributed by atoms with E-state index in [1.54, 1.807) is 23.9 Å². The maximum Gasteiger partial charge on any atom is 0.129 e. The van der Waals surface area contributed by atoms with Gasteiger partial charge in [-0.2, -0.15) is 5.10 Å². The Hall–Kier alpha value is -1.10. The second-order valence-corrected chi connectivity index (χ2v) is 5.65. The number of aryl methyl sites for hydroxylation is 2. The van der Waals surface area contributed by atoms with E-state index < -0.39 is 0 Å². The minimum Gasteiger partial charge on any atom is -0.313 e. The van der Waals surface area contributed by atoms with Crippen LogP contribution in [0.4, 0.5) is 4.39 Å². The average Bonchev–Trinajstić information content (AvgIpc) is 2.72. The second kappa shape index (κ2) is 6.77. The molecular weight excluding hydrogens is 312 g/mol. The maximum atomic E-state index is 14.1. The number of aromatic nitrogens is 2. The second-order valence-electron chi connectivity index (χ2n) is 4.87. The summed E-state index contributed by atoms with van der Waals surface area (Å²) in [5.74, 6) is -0.323. The van der Waals surface area contributed by atoms with Crippen LogP contribution in [-0.4, -0.2) is 16.8 Å². The third kappa shape index (κ3) is 3.23. The highest BCUT2D eigenvalue weighted by molar-refractivity contribution is 6.32. The Morgan fingerprint density at radius 3 is 2.62 bits per heavy atom. The summed E-state index contributed by atoms with van der Waals surface area (Å²) < 4.78 is 15.8. The number of halogens is 3. The van der Waals surface area contributed by atoms with Gasteiger partial charge in [-0.1, -0.05) is 36.2 Å². The van der Waals surface area contributed by atoms with Crippen molar-refractivity contribution < 1.29 is 4.39 Å². The lowest BCUT2D eigenvalue weighted by Gasteiger charge is -2.19. The van der Waals surface area contributed by atoms with Crippen molar-refractivity contribution in [3.8, 4) is 0 Å². The highest BCUT2D eigenvalue weighted by Crippen LogP contribution is 2.31. The normalized spacial score (nSPS) is 12.7. The predicted octanol–water partition coefficient (Wildman–Crippen LogP) is 3.93. The van der Waals surface area contributed by atoms with Gasteiger partial charge < -0.3 is 5.32 Å². The third-order valence-electron chi connectivity index (χ3n) is 3.60. The van der Waals surface area contributed by atoms with Gasteiger partial charge in [0.05, 0.1) is 16.4 Å². The van der Waals surface area contributed by atoms with Gasteiger partial charge in [0.1, 0.15) is 5.82 Å². The molecule has 0 fully saturated rings. The van der Waals surface area contributed by atoms with Crippen molar-refractivity contribution in [3.63, 3.8) is 0 Å². The van der Waals surface area contributed by atoms with Crippen molar-refractivity contribution in [2.24, 2.45) is 7.05 Å². The molecule has 21 heavy (non-hydrogen) atoms. The monoisotopic (exact) mass is 329 g/mol. The topological polar surface area (TPSA) is 29.9 Å². The van der Waals surface area contributed by atoms with Crippen LogP contribution in [0.15, 0.2) is 18.2 Å². The Morgan fingerprint density at radius 1 is 1.38 bits per heavy atom. The molecule has 6 heteroatoms. The molecule has 3 nitrogen and oxygen atoms in total. The minimum absolute atomic E-state index is 0.267. The van der Waals surface area contributed by atoms with Gasteiger partial charge in [-0.15, -0.1) is 0 Å². The van der Waals surface area contributed by atoms with Gasteiger partial charge in [0.2, 0.25) is 0 Å². The summed E-state index contributed by atoms with van der Waals surface area (Å²) >= 11 is 12.5. The fourth-order valence-electron chi connectivity index (χ4n) is 2.43. The lowest BCUT2D eigenvalue weighted by atomic mass is 10.0. The van der Waals surface area contributed by atoms with Gasteiger partial charge in [-0.25, -0.2) is 4.39 Å². The molecule has 0 saturated heterocycles. The summed E-state index contributed by atoms with van der Waals surface area (Å²) in [6, 6.07) is 4.43. The standard InChI is InChI=1S/C15H18Cl2FN3/c1-4-11-15(17)13(21(3)20-11)8-12(19-2)14-9(16)6-5-7-10(14)18/h5-7,12,19H,4,8H2,1-3H3. The Kier molecular flexibility index (Phi) is 5.25. The molecule has 1 aromatic carbocycles. The molecule has 0 aliphatic heterocycles. The third-order valence-corrected chi connectivity index (χ3v) is 4.36. The van der Waals surface area contributed by atoms with E-state index >= 15 is 0 Å². The van der Waals surface area contributed by atoms with E-state index in [0.717, 1.165) is 17.8 Å². The first-order valence-corrected chi connectivity index (χ1v) is 7.56. The van der Waals surface area contributed by atoms with Gasteiger partial charge in [0.25, 0.3) is 0 Å². The quantitative estimate of drug-likeness (QED) is 0.900. The summed E-state index contributed by atoms with van der Waals surface area (Å²) in [6.07, 6.45) is 1.27. The smallest absolute Gasteiger partial charge is 0.129 e. The van der Waals surface area contributed by atoms with Gasteiger partial charge in [0.15, 0.2) is 0 Å². The zero-order chi connectivity index (χ0) is 15.6. The number of likely N-dealkylation sites (N-methyl/N-ethyl adjacent to an activating group) is 1. The van der Waals surface area contributed by atoms with Crippen LogP contribution < -0.4 is 5.32 Å². The van der Waals surface area contributed by atoms with E-state index in [9.17, 15) is 4.39 Å². The molecule has 0 radical (unpaired) electrons. The summed E-state index contributed by atoms with van der Waals surface area (Å²) in [5, 5.41) is 8.54. The zero-order valence-electron chi connectivity index (χ0n) is 12.3. The van der Waals surface area contributed by atoms with Crippen molar-refractivity contribution in [2.45, 2.75) is 25.8 Å². The SMILES string of the molecule is CCc1nn(C)c(CC(NC)c2c(F)cccc2Cl)c1Cl. The molecule has 0 aliphatic carbocycles.